The van der Waals surface area contributed by atoms with Gasteiger partial charge in [-0.15, -0.1) is 0 Å². The van der Waals surface area contributed by atoms with Crippen LogP contribution in [0.25, 0.3) is 0 Å². The largest absolute Gasteiger partial charge is 0.377 e. The van der Waals surface area contributed by atoms with Crippen LogP contribution in [0.3, 0.4) is 0 Å². The van der Waals surface area contributed by atoms with Gasteiger partial charge in [0.15, 0.2) is 0 Å². The van der Waals surface area contributed by atoms with E-state index in [-0.39, 0.29) is 6.04 Å². The molecule has 2 rings (SSSR count). The number of hydrogen-bond acceptors (Lipinski definition) is 2. The van der Waals surface area contributed by atoms with Crippen molar-refractivity contribution in [1.29, 1.82) is 0 Å². The molecule has 1 heterocycles. The van der Waals surface area contributed by atoms with Crippen molar-refractivity contribution in [2.75, 3.05) is 5.32 Å². The Morgan fingerprint density at radius 2 is 2.18 bits per heavy atom. The first-order chi connectivity index (χ1) is 8.20. The van der Waals surface area contributed by atoms with Crippen molar-refractivity contribution in [3.8, 4) is 0 Å². The van der Waals surface area contributed by atoms with Gasteiger partial charge in [0.1, 0.15) is 0 Å². The topological polar surface area (TPSA) is 29.9 Å². The molecule has 1 aromatic carbocycles. The Bertz CT molecular complexity index is 493. The molecule has 1 aromatic heterocycles. The smallest absolute Gasteiger partial charge is 0.0542 e. The van der Waals surface area contributed by atoms with Crippen LogP contribution in [0.4, 0.5) is 5.69 Å². The Labute approximate surface area is 110 Å². The Kier molecular flexibility index (Phi) is 3.84. The summed E-state index contributed by atoms with van der Waals surface area (Å²) in [7, 11) is 0. The molecular formula is C13H16BrN3. The van der Waals surface area contributed by atoms with E-state index in [1.165, 1.54) is 5.56 Å². The van der Waals surface area contributed by atoms with Crippen molar-refractivity contribution >= 4 is 21.6 Å². The Morgan fingerprint density at radius 3 is 2.82 bits per heavy atom. The minimum absolute atomic E-state index is 0.244. The molecule has 17 heavy (non-hydrogen) atoms. The summed E-state index contributed by atoms with van der Waals surface area (Å²) in [6, 6.07) is 8.37. The molecule has 1 N–H and O–H groups in total. The standard InChI is InChI=1S/C13H16BrN3/c1-3-17-9-11(8-15-17)10(2)16-13-7-5-4-6-12(13)14/h4-10,16H,3H2,1-2H3. The van der Waals surface area contributed by atoms with Crippen molar-refractivity contribution < 1.29 is 0 Å². The molecule has 0 amide bonds. The van der Waals surface area contributed by atoms with Crippen molar-refractivity contribution in [2.45, 2.75) is 26.4 Å². The minimum atomic E-state index is 0.244. The highest BCUT2D eigenvalue weighted by molar-refractivity contribution is 9.10. The van der Waals surface area contributed by atoms with Gasteiger partial charge in [0.05, 0.1) is 12.2 Å². The molecule has 0 aliphatic heterocycles. The predicted molar refractivity (Wildman–Crippen MR) is 74.1 cm³/mol. The number of nitrogens with zero attached hydrogens (tertiary/aromatic N) is 2. The Morgan fingerprint density at radius 1 is 1.41 bits per heavy atom. The molecule has 90 valence electrons. The molecule has 0 aliphatic carbocycles. The highest BCUT2D eigenvalue weighted by Crippen LogP contribution is 2.25. The summed E-state index contributed by atoms with van der Waals surface area (Å²) < 4.78 is 3.02. The number of halogens is 1. The maximum Gasteiger partial charge on any atom is 0.0542 e. The van der Waals surface area contributed by atoms with E-state index in [0.29, 0.717) is 0 Å². The molecule has 0 bridgehead atoms. The van der Waals surface area contributed by atoms with E-state index < -0.39 is 0 Å². The molecule has 0 saturated carbocycles. The van der Waals surface area contributed by atoms with Crippen LogP contribution in [0.15, 0.2) is 41.1 Å². The van der Waals surface area contributed by atoms with Crippen LogP contribution in [0.1, 0.15) is 25.5 Å². The molecule has 3 nitrogen and oxygen atoms in total. The minimum Gasteiger partial charge on any atom is -0.377 e. The van der Waals surface area contributed by atoms with Gasteiger partial charge in [0, 0.05) is 28.5 Å². The third kappa shape index (κ3) is 2.88. The van der Waals surface area contributed by atoms with Crippen LogP contribution < -0.4 is 5.32 Å². The quantitative estimate of drug-likeness (QED) is 0.928. The summed E-state index contributed by atoms with van der Waals surface area (Å²) in [6.07, 6.45) is 3.99. The third-order valence-corrected chi connectivity index (χ3v) is 3.41. The van der Waals surface area contributed by atoms with Gasteiger partial charge >= 0.3 is 0 Å². The Balaban J connectivity index is 2.11. The van der Waals surface area contributed by atoms with Crippen molar-refractivity contribution in [3.05, 3.63) is 46.7 Å². The normalized spacial score (nSPS) is 12.4. The molecule has 0 spiro atoms. The molecular weight excluding hydrogens is 278 g/mol. The van der Waals surface area contributed by atoms with Crippen molar-refractivity contribution in [2.24, 2.45) is 0 Å². The second-order valence-electron chi connectivity index (χ2n) is 3.98. The van der Waals surface area contributed by atoms with Gasteiger partial charge < -0.3 is 5.32 Å². The van der Waals surface area contributed by atoms with Gasteiger partial charge in [0.2, 0.25) is 0 Å². The summed E-state index contributed by atoms with van der Waals surface area (Å²) in [4.78, 5) is 0. The highest BCUT2D eigenvalue weighted by Gasteiger charge is 2.08. The van der Waals surface area contributed by atoms with E-state index in [0.717, 1.165) is 16.7 Å². The molecule has 0 saturated heterocycles. The SMILES string of the molecule is CCn1cc(C(C)Nc2ccccc2Br)cn1. The average Bonchev–Trinajstić information content (AvgIpc) is 2.81. The van der Waals surface area contributed by atoms with Crippen LogP contribution in [0, 0.1) is 0 Å². The maximum absolute atomic E-state index is 4.28. The lowest BCUT2D eigenvalue weighted by molar-refractivity contribution is 0.658. The summed E-state index contributed by atoms with van der Waals surface area (Å²) >= 11 is 3.53. The number of anilines is 1. The molecule has 0 aliphatic rings. The van der Waals surface area contributed by atoms with Crippen LogP contribution in [0.5, 0.6) is 0 Å². The van der Waals surface area contributed by atoms with Crippen molar-refractivity contribution in [3.63, 3.8) is 0 Å². The fraction of sp³-hybridized carbons (Fsp3) is 0.308. The fourth-order valence-electron chi connectivity index (χ4n) is 1.67. The van der Waals surface area contributed by atoms with Crippen LogP contribution in [-0.4, -0.2) is 9.78 Å². The van der Waals surface area contributed by atoms with Gasteiger partial charge in [-0.2, -0.15) is 5.10 Å². The molecule has 0 radical (unpaired) electrons. The second-order valence-corrected chi connectivity index (χ2v) is 4.83. The zero-order chi connectivity index (χ0) is 12.3. The molecule has 1 atom stereocenters. The van der Waals surface area contributed by atoms with Gasteiger partial charge in [-0.1, -0.05) is 12.1 Å². The van der Waals surface area contributed by atoms with Gasteiger partial charge in [0.25, 0.3) is 0 Å². The number of rotatable bonds is 4. The summed E-state index contributed by atoms with van der Waals surface area (Å²) in [5, 5.41) is 7.75. The number of benzene rings is 1. The van der Waals surface area contributed by atoms with E-state index in [1.54, 1.807) is 0 Å². The Hall–Kier alpha value is -1.29. The second kappa shape index (κ2) is 5.36. The summed E-state index contributed by atoms with van der Waals surface area (Å²) in [5.41, 5.74) is 2.30. The van der Waals surface area contributed by atoms with Gasteiger partial charge in [-0.3, -0.25) is 4.68 Å². The first-order valence-electron chi connectivity index (χ1n) is 5.74. The zero-order valence-electron chi connectivity index (χ0n) is 10.0. The number of nitrogens with one attached hydrogen (secondary N) is 1. The number of aromatic nitrogens is 2. The van der Waals surface area contributed by atoms with E-state index in [4.69, 9.17) is 0 Å². The lowest BCUT2D eigenvalue weighted by Crippen LogP contribution is -2.06. The third-order valence-electron chi connectivity index (χ3n) is 2.72. The van der Waals surface area contributed by atoms with Crippen LogP contribution in [0.2, 0.25) is 0 Å². The highest BCUT2D eigenvalue weighted by atomic mass is 79.9. The summed E-state index contributed by atoms with van der Waals surface area (Å²) in [6.45, 7) is 5.13. The lowest BCUT2D eigenvalue weighted by atomic mass is 10.2. The van der Waals surface area contributed by atoms with Gasteiger partial charge in [-0.25, -0.2) is 0 Å². The first kappa shape index (κ1) is 12.2. The number of para-hydroxylation sites is 1. The van der Waals surface area contributed by atoms with Crippen LogP contribution in [-0.2, 0) is 6.54 Å². The summed E-state index contributed by atoms with van der Waals surface area (Å²) in [5.74, 6) is 0. The molecule has 1 unspecified atom stereocenters. The van der Waals surface area contributed by atoms with Crippen LogP contribution >= 0.6 is 15.9 Å². The predicted octanol–water partition coefficient (Wildman–Crippen LogP) is 3.84. The average molecular weight is 294 g/mol. The van der Waals surface area contributed by atoms with E-state index in [9.17, 15) is 0 Å². The lowest BCUT2D eigenvalue weighted by Gasteiger charge is -2.14. The monoisotopic (exact) mass is 293 g/mol. The number of hydrogen-bond donors (Lipinski definition) is 1. The molecule has 2 aromatic rings. The number of aryl methyl sites for hydroxylation is 1. The molecule has 4 heteroatoms. The zero-order valence-corrected chi connectivity index (χ0v) is 11.6. The van der Waals surface area contributed by atoms with E-state index in [2.05, 4.69) is 52.5 Å². The van der Waals surface area contributed by atoms with E-state index in [1.807, 2.05) is 29.1 Å². The van der Waals surface area contributed by atoms with E-state index >= 15 is 0 Å². The van der Waals surface area contributed by atoms with Crippen molar-refractivity contribution in [1.82, 2.24) is 9.78 Å². The fourth-order valence-corrected chi connectivity index (χ4v) is 2.07. The van der Waals surface area contributed by atoms with Gasteiger partial charge in [-0.05, 0) is 41.9 Å². The maximum atomic E-state index is 4.28. The molecule has 0 fully saturated rings. The first-order valence-corrected chi connectivity index (χ1v) is 6.53.